The highest BCUT2D eigenvalue weighted by Crippen LogP contribution is 2.29. The highest BCUT2D eigenvalue weighted by Gasteiger charge is 2.30. The molecular formula is C20H27N3O2. The molecule has 5 nitrogen and oxygen atoms in total. The van der Waals surface area contributed by atoms with E-state index < -0.39 is 0 Å². The van der Waals surface area contributed by atoms with Gasteiger partial charge in [0.2, 0.25) is 5.89 Å². The molecule has 2 aromatic rings. The van der Waals surface area contributed by atoms with Crippen molar-refractivity contribution >= 4 is 5.91 Å². The van der Waals surface area contributed by atoms with E-state index in [4.69, 9.17) is 4.42 Å². The van der Waals surface area contributed by atoms with Gasteiger partial charge in [-0.2, -0.15) is 0 Å². The maximum Gasteiger partial charge on any atom is 0.273 e. The summed E-state index contributed by atoms with van der Waals surface area (Å²) in [5.74, 6) is 0.440. The summed E-state index contributed by atoms with van der Waals surface area (Å²) in [5.41, 5.74) is 2.93. The van der Waals surface area contributed by atoms with Gasteiger partial charge in [0.25, 0.3) is 5.91 Å². The van der Waals surface area contributed by atoms with Gasteiger partial charge in [0, 0.05) is 18.6 Å². The van der Waals surface area contributed by atoms with E-state index in [0.29, 0.717) is 24.2 Å². The van der Waals surface area contributed by atoms with Crippen LogP contribution in [0.15, 0.2) is 34.9 Å². The average Bonchev–Trinajstić information content (AvgIpc) is 3.33. The van der Waals surface area contributed by atoms with E-state index in [1.54, 1.807) is 0 Å². The fourth-order valence-corrected chi connectivity index (χ4v) is 2.86. The van der Waals surface area contributed by atoms with Gasteiger partial charge < -0.3 is 9.73 Å². The van der Waals surface area contributed by atoms with Crippen LogP contribution in [0.3, 0.4) is 0 Å². The van der Waals surface area contributed by atoms with Gasteiger partial charge in [-0.25, -0.2) is 4.98 Å². The number of hydrogen-bond donors (Lipinski definition) is 1. The number of oxazole rings is 1. The van der Waals surface area contributed by atoms with Crippen molar-refractivity contribution in [3.63, 3.8) is 0 Å². The molecule has 1 aromatic carbocycles. The van der Waals surface area contributed by atoms with Gasteiger partial charge in [-0.3, -0.25) is 9.69 Å². The Hall–Kier alpha value is -2.14. The Kier molecular flexibility index (Phi) is 5.53. The summed E-state index contributed by atoms with van der Waals surface area (Å²) < 4.78 is 5.56. The molecule has 1 saturated carbocycles. The van der Waals surface area contributed by atoms with E-state index in [1.807, 2.05) is 13.8 Å². The molecule has 0 bridgehead atoms. The van der Waals surface area contributed by atoms with Gasteiger partial charge in [0.05, 0.1) is 6.54 Å². The second-order valence-corrected chi connectivity index (χ2v) is 7.03. The molecule has 1 amide bonds. The van der Waals surface area contributed by atoms with Crippen molar-refractivity contribution in [2.45, 2.75) is 65.2 Å². The van der Waals surface area contributed by atoms with Gasteiger partial charge in [0.15, 0.2) is 5.69 Å². The summed E-state index contributed by atoms with van der Waals surface area (Å²) in [5, 5.41) is 2.92. The fourth-order valence-electron chi connectivity index (χ4n) is 2.86. The lowest BCUT2D eigenvalue weighted by molar-refractivity contribution is 0.0934. The zero-order valence-electron chi connectivity index (χ0n) is 15.3. The molecule has 1 fully saturated rings. The first kappa shape index (κ1) is 17.7. The van der Waals surface area contributed by atoms with Gasteiger partial charge in [-0.1, -0.05) is 36.8 Å². The molecule has 5 heteroatoms. The Morgan fingerprint density at radius 1 is 1.40 bits per heavy atom. The third-order valence-corrected chi connectivity index (χ3v) is 4.64. The molecule has 0 radical (unpaired) electrons. The number of carbonyl (C=O) groups excluding carboxylic acids is 1. The summed E-state index contributed by atoms with van der Waals surface area (Å²) in [4.78, 5) is 18.9. The maximum absolute atomic E-state index is 12.1. The second kappa shape index (κ2) is 7.83. The summed E-state index contributed by atoms with van der Waals surface area (Å²) in [6.07, 6.45) is 4.79. The van der Waals surface area contributed by atoms with Crippen molar-refractivity contribution in [1.29, 1.82) is 0 Å². The van der Waals surface area contributed by atoms with E-state index in [0.717, 1.165) is 13.0 Å². The number of nitrogens with one attached hydrogen (secondary N) is 1. The maximum atomic E-state index is 12.1. The molecule has 0 spiro atoms. The lowest BCUT2D eigenvalue weighted by atomic mass is 10.1. The lowest BCUT2D eigenvalue weighted by Crippen LogP contribution is -2.32. The van der Waals surface area contributed by atoms with Gasteiger partial charge in [0.1, 0.15) is 6.26 Å². The van der Waals surface area contributed by atoms with Crippen molar-refractivity contribution in [3.8, 4) is 0 Å². The van der Waals surface area contributed by atoms with E-state index in [9.17, 15) is 4.79 Å². The van der Waals surface area contributed by atoms with Crippen LogP contribution in [-0.2, 0) is 13.1 Å². The first-order chi connectivity index (χ1) is 12.0. The molecular weight excluding hydrogens is 314 g/mol. The minimum atomic E-state index is -0.166. The number of hydrogen-bond acceptors (Lipinski definition) is 4. The summed E-state index contributed by atoms with van der Waals surface area (Å²) in [6, 6.07) is 9.31. The second-order valence-electron chi connectivity index (χ2n) is 7.03. The molecule has 25 heavy (non-hydrogen) atoms. The molecule has 1 N–H and O–H groups in total. The van der Waals surface area contributed by atoms with E-state index in [2.05, 4.69) is 46.4 Å². The van der Waals surface area contributed by atoms with Crippen LogP contribution in [0.25, 0.3) is 0 Å². The minimum absolute atomic E-state index is 0.136. The SMILES string of the molecule is CCC(C)NC(=O)c1coc(CN(Cc2cccc(C)c2)C2CC2)n1. The predicted molar refractivity (Wildman–Crippen MR) is 97.2 cm³/mol. The average molecular weight is 341 g/mol. The van der Waals surface area contributed by atoms with Crippen molar-refractivity contribution in [2.75, 3.05) is 0 Å². The molecule has 134 valence electrons. The molecule has 1 aliphatic carbocycles. The van der Waals surface area contributed by atoms with Crippen LogP contribution in [0.5, 0.6) is 0 Å². The number of carbonyl (C=O) groups is 1. The third kappa shape index (κ3) is 4.92. The molecule has 1 aliphatic rings. The van der Waals surface area contributed by atoms with Crippen LogP contribution in [0.4, 0.5) is 0 Å². The zero-order chi connectivity index (χ0) is 17.8. The van der Waals surface area contributed by atoms with E-state index in [1.165, 1.54) is 30.2 Å². The number of aryl methyl sites for hydroxylation is 1. The largest absolute Gasteiger partial charge is 0.447 e. The van der Waals surface area contributed by atoms with Gasteiger partial charge in [-0.15, -0.1) is 0 Å². The van der Waals surface area contributed by atoms with Crippen LogP contribution < -0.4 is 5.32 Å². The minimum Gasteiger partial charge on any atom is -0.447 e. The standard InChI is InChI=1S/C20H27N3O2/c1-4-15(3)21-20(24)18-13-25-19(22-18)12-23(17-8-9-17)11-16-7-5-6-14(2)10-16/h5-7,10,13,15,17H,4,8-9,11-12H2,1-3H3,(H,21,24). The molecule has 0 saturated heterocycles. The van der Waals surface area contributed by atoms with E-state index in [-0.39, 0.29) is 11.9 Å². The first-order valence-corrected chi connectivity index (χ1v) is 9.10. The Morgan fingerprint density at radius 2 is 2.20 bits per heavy atom. The number of amides is 1. The Bertz CT molecular complexity index is 721. The summed E-state index contributed by atoms with van der Waals surface area (Å²) in [7, 11) is 0. The Balaban J connectivity index is 1.64. The van der Waals surface area contributed by atoms with Crippen molar-refractivity contribution in [2.24, 2.45) is 0 Å². The van der Waals surface area contributed by atoms with Gasteiger partial charge >= 0.3 is 0 Å². The Labute approximate surface area is 149 Å². The number of nitrogens with zero attached hydrogens (tertiary/aromatic N) is 2. The molecule has 1 heterocycles. The van der Waals surface area contributed by atoms with Crippen molar-refractivity contribution in [3.05, 3.63) is 53.2 Å². The molecule has 1 atom stereocenters. The lowest BCUT2D eigenvalue weighted by Gasteiger charge is -2.20. The fraction of sp³-hybridized carbons (Fsp3) is 0.500. The van der Waals surface area contributed by atoms with Crippen LogP contribution in [-0.4, -0.2) is 27.9 Å². The molecule has 0 aliphatic heterocycles. The van der Waals surface area contributed by atoms with E-state index >= 15 is 0 Å². The molecule has 1 aromatic heterocycles. The molecule has 1 unspecified atom stereocenters. The number of benzene rings is 1. The summed E-state index contributed by atoms with van der Waals surface area (Å²) in [6.45, 7) is 7.65. The van der Waals surface area contributed by atoms with Crippen LogP contribution in [0, 0.1) is 6.92 Å². The molecule has 3 rings (SSSR count). The van der Waals surface area contributed by atoms with Crippen LogP contribution >= 0.6 is 0 Å². The number of rotatable bonds is 8. The highest BCUT2D eigenvalue weighted by molar-refractivity contribution is 5.92. The monoisotopic (exact) mass is 341 g/mol. The first-order valence-electron chi connectivity index (χ1n) is 9.10. The highest BCUT2D eigenvalue weighted by atomic mass is 16.3. The normalized spacial score (nSPS) is 15.4. The quantitative estimate of drug-likeness (QED) is 0.796. The van der Waals surface area contributed by atoms with Crippen LogP contribution in [0.2, 0.25) is 0 Å². The Morgan fingerprint density at radius 3 is 2.88 bits per heavy atom. The predicted octanol–water partition coefficient (Wildman–Crippen LogP) is 3.68. The smallest absolute Gasteiger partial charge is 0.273 e. The van der Waals surface area contributed by atoms with Crippen LogP contribution in [0.1, 0.15) is 60.6 Å². The third-order valence-electron chi connectivity index (χ3n) is 4.64. The van der Waals surface area contributed by atoms with Crippen molar-refractivity contribution < 1.29 is 9.21 Å². The van der Waals surface area contributed by atoms with Gasteiger partial charge in [-0.05, 0) is 38.7 Å². The summed E-state index contributed by atoms with van der Waals surface area (Å²) >= 11 is 0. The number of aromatic nitrogens is 1. The van der Waals surface area contributed by atoms with Crippen molar-refractivity contribution in [1.82, 2.24) is 15.2 Å². The zero-order valence-corrected chi connectivity index (χ0v) is 15.3. The topological polar surface area (TPSA) is 58.4 Å².